The molecule has 2 aromatic rings. The van der Waals surface area contributed by atoms with Gasteiger partial charge < -0.3 is 10.4 Å². The van der Waals surface area contributed by atoms with Crippen molar-refractivity contribution in [3.63, 3.8) is 0 Å². The Morgan fingerprint density at radius 2 is 2.35 bits per heavy atom. The molecule has 0 spiro atoms. The fourth-order valence-electron chi connectivity index (χ4n) is 1.06. The molecule has 0 aromatic carbocycles. The Morgan fingerprint density at radius 3 is 2.94 bits per heavy atom. The third kappa shape index (κ3) is 2.84. The van der Waals surface area contributed by atoms with Crippen LogP contribution in [0.3, 0.4) is 0 Å². The largest absolute Gasteiger partial charge is 0.476 e. The number of nitrogens with zero attached hydrogens (tertiary/aromatic N) is 4. The van der Waals surface area contributed by atoms with E-state index in [0.717, 1.165) is 4.68 Å². The van der Waals surface area contributed by atoms with Crippen molar-refractivity contribution in [2.75, 3.05) is 5.32 Å². The summed E-state index contributed by atoms with van der Waals surface area (Å²) >= 11 is 1.29. The molecular formula is C8H7N5O3S. The first-order valence-electron chi connectivity index (χ1n) is 4.48. The van der Waals surface area contributed by atoms with Gasteiger partial charge in [0.2, 0.25) is 5.91 Å². The first-order valence-corrected chi connectivity index (χ1v) is 5.36. The van der Waals surface area contributed by atoms with Crippen molar-refractivity contribution in [3.8, 4) is 0 Å². The van der Waals surface area contributed by atoms with Gasteiger partial charge in [0.1, 0.15) is 6.54 Å². The van der Waals surface area contributed by atoms with Crippen molar-refractivity contribution in [2.24, 2.45) is 0 Å². The maximum atomic E-state index is 11.5. The highest BCUT2D eigenvalue weighted by Gasteiger charge is 2.11. The number of amides is 1. The van der Waals surface area contributed by atoms with Crippen LogP contribution in [0.5, 0.6) is 0 Å². The Bertz CT molecular complexity index is 535. The van der Waals surface area contributed by atoms with Crippen LogP contribution in [0.2, 0.25) is 0 Å². The second kappa shape index (κ2) is 4.70. The average molecular weight is 253 g/mol. The average Bonchev–Trinajstić information content (AvgIpc) is 2.88. The summed E-state index contributed by atoms with van der Waals surface area (Å²) in [4.78, 5) is 25.9. The molecule has 0 radical (unpaired) electrons. The van der Waals surface area contributed by atoms with E-state index in [1.807, 2.05) is 0 Å². The van der Waals surface area contributed by atoms with Crippen LogP contribution in [0.25, 0.3) is 0 Å². The molecule has 1 amide bonds. The lowest BCUT2D eigenvalue weighted by Crippen LogP contribution is -2.19. The zero-order valence-electron chi connectivity index (χ0n) is 8.40. The molecule has 0 aliphatic carbocycles. The number of aromatic carboxylic acids is 1. The standard InChI is InChI=1S/C8H7N5O3S/c14-6(10-8-9-1-2-17-8)4-13-3-5(7(15)16)11-12-13/h1-3H,4H2,(H,15,16)(H,9,10,14). The molecule has 0 atom stereocenters. The Hall–Kier alpha value is -2.29. The topological polar surface area (TPSA) is 110 Å². The Labute approximate surface area is 98.9 Å². The minimum Gasteiger partial charge on any atom is -0.476 e. The van der Waals surface area contributed by atoms with Crippen LogP contribution in [-0.4, -0.2) is 37.0 Å². The summed E-state index contributed by atoms with van der Waals surface area (Å²) in [7, 11) is 0. The fraction of sp³-hybridized carbons (Fsp3) is 0.125. The number of nitrogens with one attached hydrogen (secondary N) is 1. The maximum absolute atomic E-state index is 11.5. The normalized spacial score (nSPS) is 10.1. The highest BCUT2D eigenvalue weighted by Crippen LogP contribution is 2.09. The van der Waals surface area contributed by atoms with Crippen LogP contribution in [0, 0.1) is 0 Å². The highest BCUT2D eigenvalue weighted by molar-refractivity contribution is 7.13. The Kier molecular flexibility index (Phi) is 3.10. The molecule has 17 heavy (non-hydrogen) atoms. The first-order chi connectivity index (χ1) is 8.15. The summed E-state index contributed by atoms with van der Waals surface area (Å²) in [6, 6.07) is 0. The van der Waals surface area contributed by atoms with Gasteiger partial charge in [0.15, 0.2) is 10.8 Å². The molecule has 0 aliphatic rings. The van der Waals surface area contributed by atoms with E-state index in [2.05, 4.69) is 20.6 Å². The molecule has 2 N–H and O–H groups in total. The summed E-state index contributed by atoms with van der Waals surface area (Å²) in [6.07, 6.45) is 2.75. The van der Waals surface area contributed by atoms with Crippen molar-refractivity contribution >= 4 is 28.3 Å². The van der Waals surface area contributed by atoms with Crippen molar-refractivity contribution in [2.45, 2.75) is 6.54 Å². The zero-order valence-corrected chi connectivity index (χ0v) is 9.22. The van der Waals surface area contributed by atoms with Gasteiger partial charge in [0.05, 0.1) is 6.20 Å². The number of carboxylic acids is 1. The van der Waals surface area contributed by atoms with E-state index in [9.17, 15) is 9.59 Å². The summed E-state index contributed by atoms with van der Waals surface area (Å²) < 4.78 is 1.15. The van der Waals surface area contributed by atoms with E-state index >= 15 is 0 Å². The lowest BCUT2D eigenvalue weighted by Gasteiger charge is -2.00. The van der Waals surface area contributed by atoms with Crippen molar-refractivity contribution < 1.29 is 14.7 Å². The monoisotopic (exact) mass is 253 g/mol. The lowest BCUT2D eigenvalue weighted by atomic mass is 10.5. The van der Waals surface area contributed by atoms with Crippen LogP contribution in [0.4, 0.5) is 5.13 Å². The fourth-order valence-corrected chi connectivity index (χ4v) is 1.61. The van der Waals surface area contributed by atoms with Crippen LogP contribution in [-0.2, 0) is 11.3 Å². The number of hydrogen-bond donors (Lipinski definition) is 2. The molecule has 0 saturated heterocycles. The smallest absolute Gasteiger partial charge is 0.358 e. The maximum Gasteiger partial charge on any atom is 0.358 e. The van der Waals surface area contributed by atoms with Crippen molar-refractivity contribution in [1.29, 1.82) is 0 Å². The summed E-state index contributed by atoms with van der Waals surface area (Å²) in [5, 5.41) is 20.3. The number of aromatic nitrogens is 4. The zero-order chi connectivity index (χ0) is 12.3. The number of thiazole rings is 1. The van der Waals surface area contributed by atoms with E-state index in [1.165, 1.54) is 17.5 Å². The number of carbonyl (C=O) groups is 2. The van der Waals surface area contributed by atoms with Gasteiger partial charge >= 0.3 is 5.97 Å². The van der Waals surface area contributed by atoms with Gasteiger partial charge in [-0.05, 0) is 0 Å². The van der Waals surface area contributed by atoms with Crippen molar-refractivity contribution in [3.05, 3.63) is 23.5 Å². The molecule has 9 heteroatoms. The van der Waals surface area contributed by atoms with Gasteiger partial charge in [-0.25, -0.2) is 14.5 Å². The second-order valence-electron chi connectivity index (χ2n) is 2.99. The summed E-state index contributed by atoms with van der Waals surface area (Å²) in [6.45, 7) is -0.111. The minimum atomic E-state index is -1.18. The van der Waals surface area contributed by atoms with Crippen molar-refractivity contribution in [1.82, 2.24) is 20.0 Å². The molecule has 2 heterocycles. The third-order valence-corrected chi connectivity index (χ3v) is 2.43. The number of carbonyl (C=O) groups excluding carboxylic acids is 1. The Balaban J connectivity index is 1.96. The molecule has 0 fully saturated rings. The minimum absolute atomic E-state index is 0.111. The molecule has 2 aromatic heterocycles. The SMILES string of the molecule is O=C(Cn1cc(C(=O)O)nn1)Nc1nccs1. The van der Waals surface area contributed by atoms with E-state index in [4.69, 9.17) is 5.11 Å². The quantitative estimate of drug-likeness (QED) is 0.797. The molecular weight excluding hydrogens is 246 g/mol. The molecule has 8 nitrogen and oxygen atoms in total. The number of hydrogen-bond acceptors (Lipinski definition) is 6. The van der Waals surface area contributed by atoms with E-state index in [0.29, 0.717) is 5.13 Å². The number of carboxylic acid groups (broad SMARTS) is 1. The van der Waals surface area contributed by atoms with Gasteiger partial charge in [-0.2, -0.15) is 0 Å². The summed E-state index contributed by atoms with van der Waals surface area (Å²) in [5.74, 6) is -1.53. The van der Waals surface area contributed by atoms with Crippen LogP contribution in [0.1, 0.15) is 10.5 Å². The molecule has 0 unspecified atom stereocenters. The molecule has 0 bridgehead atoms. The Morgan fingerprint density at radius 1 is 1.53 bits per heavy atom. The molecule has 88 valence electrons. The predicted molar refractivity (Wildman–Crippen MR) is 57.7 cm³/mol. The van der Waals surface area contributed by atoms with E-state index in [1.54, 1.807) is 11.6 Å². The van der Waals surface area contributed by atoms with E-state index < -0.39 is 5.97 Å². The van der Waals surface area contributed by atoms with Gasteiger partial charge in [-0.1, -0.05) is 5.21 Å². The molecule has 0 aliphatic heterocycles. The van der Waals surface area contributed by atoms with Crippen LogP contribution in [0.15, 0.2) is 17.8 Å². The van der Waals surface area contributed by atoms with Gasteiger partial charge in [-0.15, -0.1) is 16.4 Å². The van der Waals surface area contributed by atoms with E-state index in [-0.39, 0.29) is 18.1 Å². The first kappa shape index (κ1) is 11.2. The predicted octanol–water partition coefficient (Wildman–Crippen LogP) is 0.0715. The third-order valence-electron chi connectivity index (χ3n) is 1.74. The van der Waals surface area contributed by atoms with Gasteiger partial charge in [0, 0.05) is 11.6 Å². The number of rotatable bonds is 4. The second-order valence-corrected chi connectivity index (χ2v) is 3.89. The van der Waals surface area contributed by atoms with Crippen LogP contribution >= 0.6 is 11.3 Å². The molecule has 2 rings (SSSR count). The number of anilines is 1. The molecule has 0 saturated carbocycles. The summed E-state index contributed by atoms with van der Waals surface area (Å²) in [5.41, 5.74) is -0.202. The van der Waals surface area contributed by atoms with Crippen LogP contribution < -0.4 is 5.32 Å². The lowest BCUT2D eigenvalue weighted by molar-refractivity contribution is -0.116. The van der Waals surface area contributed by atoms with Gasteiger partial charge in [-0.3, -0.25) is 4.79 Å². The van der Waals surface area contributed by atoms with Gasteiger partial charge in [0.25, 0.3) is 0 Å². The highest BCUT2D eigenvalue weighted by atomic mass is 32.1.